The molecule has 4 aliphatic heterocycles. The summed E-state index contributed by atoms with van der Waals surface area (Å²) in [4.78, 5) is 0. The highest BCUT2D eigenvalue weighted by Crippen LogP contribution is 2.76. The number of allylic oxidation sites excluding steroid dienone is 2. The van der Waals surface area contributed by atoms with Gasteiger partial charge in [-0.2, -0.15) is 0 Å². The second kappa shape index (κ2) is 21.3. The van der Waals surface area contributed by atoms with Crippen LogP contribution in [0.5, 0.6) is 0 Å². The van der Waals surface area contributed by atoms with Crippen molar-refractivity contribution in [1.29, 1.82) is 0 Å². The first-order chi connectivity index (χ1) is 35.2. The third-order valence-corrected chi connectivity index (χ3v) is 21.4. The maximum absolute atomic E-state index is 12.4. The van der Waals surface area contributed by atoms with Gasteiger partial charge in [0.1, 0.15) is 85.5 Å². The van der Waals surface area contributed by atoms with Gasteiger partial charge in [-0.3, -0.25) is 0 Å². The van der Waals surface area contributed by atoms with E-state index in [-0.39, 0.29) is 52.6 Å². The molecule has 432 valence electrons. The van der Waals surface area contributed by atoms with Gasteiger partial charge in [0.15, 0.2) is 25.2 Å². The molecule has 0 spiro atoms. The maximum atomic E-state index is 12.4. The zero-order valence-corrected chi connectivity index (χ0v) is 44.4. The first kappa shape index (κ1) is 58.5. The fourth-order valence-electron chi connectivity index (χ4n) is 16.4. The minimum Gasteiger partial charge on any atom is -0.396 e. The van der Waals surface area contributed by atoms with Gasteiger partial charge in [-0.25, -0.2) is 0 Å². The highest BCUT2D eigenvalue weighted by atomic mass is 16.8. The molecule has 4 saturated carbocycles. The highest BCUT2D eigenvalue weighted by Gasteiger charge is 2.70. The first-order valence-electron chi connectivity index (χ1n) is 27.3. The Morgan fingerprint density at radius 2 is 1.16 bits per heavy atom. The van der Waals surface area contributed by atoms with Gasteiger partial charge in [0, 0.05) is 12.0 Å². The molecule has 75 heavy (non-hydrogen) atoms. The second-order valence-electron chi connectivity index (χ2n) is 25.8. The van der Waals surface area contributed by atoms with Gasteiger partial charge in [0.25, 0.3) is 0 Å². The van der Waals surface area contributed by atoms with Crippen molar-refractivity contribution >= 4 is 0 Å². The Balaban J connectivity index is 0.973. The topological polar surface area (TPSA) is 357 Å². The zero-order chi connectivity index (χ0) is 54.7. The Hall–Kier alpha value is -1.14. The molecule has 0 aromatic rings. The van der Waals surface area contributed by atoms with Crippen molar-refractivity contribution in [3.8, 4) is 0 Å². The lowest BCUT2D eigenvalue weighted by molar-refractivity contribution is -0.394. The summed E-state index contributed by atoms with van der Waals surface area (Å²) in [5, 5.41) is 153. The van der Waals surface area contributed by atoms with E-state index in [9.17, 15) is 71.5 Å². The molecule has 0 radical (unpaired) electrons. The van der Waals surface area contributed by atoms with Crippen LogP contribution in [0.4, 0.5) is 0 Å². The quantitative estimate of drug-likeness (QED) is 0.0746. The van der Waals surface area contributed by atoms with Crippen molar-refractivity contribution in [3.05, 3.63) is 11.6 Å². The standard InChI is InChI=1S/C53H88O22/c1-23-33(59)37(63)40(66)44(69-23)75-43-39(65)35(61)27(19-55)71-47(43)72-28-20-68-46(42(36(28)62)74-45-41(67)38(64)34(60)26(18-54)70-45)73-32-11-12-50(5)29(48(32,2)3)10-13-51(6)30(50)9-8-24-25-16-49(4,21-56)14-15-53(25,22-57)31(58)17-52(24,51)7/h8,23,25-47,54-67H,9-22H2,1-7H3/t23-,25-,26+,27+,28-,29-,30+,31+,32-,33-,34+,35+,36-,37+,38-,39-,40+,41+,42+,43+,44-,45-,46-,47-,49-,50-,51+,52+,53+/m0/s1. The molecule has 8 fully saturated rings. The number of fused-ring (bicyclic) bond motifs is 7. The van der Waals surface area contributed by atoms with Crippen LogP contribution in [0.15, 0.2) is 11.6 Å². The van der Waals surface area contributed by atoms with Gasteiger partial charge < -0.3 is 109 Å². The molecule has 0 bridgehead atoms. The number of aliphatic hydroxyl groups is 14. The van der Waals surface area contributed by atoms with E-state index < -0.39 is 160 Å². The summed E-state index contributed by atoms with van der Waals surface area (Å²) in [5.74, 6) is 0.245. The average molecular weight is 1080 g/mol. The summed E-state index contributed by atoms with van der Waals surface area (Å²) in [6, 6.07) is 0. The molecule has 29 atom stereocenters. The van der Waals surface area contributed by atoms with E-state index in [1.807, 2.05) is 0 Å². The number of hydrogen-bond acceptors (Lipinski definition) is 22. The van der Waals surface area contributed by atoms with E-state index in [2.05, 4.69) is 47.6 Å². The fraction of sp³-hybridized carbons (Fsp3) is 0.962. The van der Waals surface area contributed by atoms with Gasteiger partial charge in [-0.15, -0.1) is 0 Å². The fourth-order valence-corrected chi connectivity index (χ4v) is 16.4. The Morgan fingerprint density at radius 3 is 1.79 bits per heavy atom. The number of ether oxygens (including phenoxy) is 8. The molecule has 0 aromatic heterocycles. The first-order valence-corrected chi connectivity index (χ1v) is 27.3. The van der Waals surface area contributed by atoms with Crippen LogP contribution < -0.4 is 0 Å². The Morgan fingerprint density at radius 1 is 0.560 bits per heavy atom. The van der Waals surface area contributed by atoms with Gasteiger partial charge in [-0.05, 0) is 110 Å². The SMILES string of the molecule is C[C@@H]1O[C@@H](O[C@H]2[C@H](O[C@H]3CO[C@@H](O[C@H]4CC[C@]5(C)[C@H]6CC=C7[C@@H]8C[C@@](C)(CO)CC[C@]8(CO)[C@H](O)C[C@@]7(C)[C@]6(C)CC[C@H]5C4(C)C)[C@H](O[C@@H]4O[C@H](CO)[C@@H](O)[C@H](O)[C@H]4O)[C@H]3O)O[C@H](CO)[C@@H](O)[C@@H]2O)[C@H](O)[C@H](O)[C@H]1O. The molecule has 4 saturated heterocycles. The van der Waals surface area contributed by atoms with E-state index in [0.29, 0.717) is 25.7 Å². The van der Waals surface area contributed by atoms with E-state index in [1.165, 1.54) is 12.5 Å². The molecule has 22 heteroatoms. The lowest BCUT2D eigenvalue weighted by atomic mass is 9.33. The summed E-state index contributed by atoms with van der Waals surface area (Å²) in [6.07, 6.45) is -23.6. The van der Waals surface area contributed by atoms with Crippen molar-refractivity contribution in [3.63, 3.8) is 0 Å². The average Bonchev–Trinajstić information content (AvgIpc) is 3.37. The highest BCUT2D eigenvalue weighted by molar-refractivity contribution is 5.35. The molecule has 0 unspecified atom stereocenters. The Kier molecular flexibility index (Phi) is 16.6. The number of rotatable bonds is 12. The van der Waals surface area contributed by atoms with Crippen LogP contribution in [0.25, 0.3) is 0 Å². The van der Waals surface area contributed by atoms with Gasteiger partial charge >= 0.3 is 0 Å². The van der Waals surface area contributed by atoms with Gasteiger partial charge in [0.05, 0.1) is 44.7 Å². The van der Waals surface area contributed by atoms with Crippen molar-refractivity contribution in [1.82, 2.24) is 0 Å². The minimum absolute atomic E-state index is 0.0415. The zero-order valence-electron chi connectivity index (χ0n) is 44.4. The Labute approximate surface area is 438 Å². The third-order valence-electron chi connectivity index (χ3n) is 21.4. The third kappa shape index (κ3) is 9.44. The summed E-state index contributed by atoms with van der Waals surface area (Å²) in [6.45, 7) is 12.9. The van der Waals surface area contributed by atoms with E-state index in [4.69, 9.17) is 37.9 Å². The molecule has 0 aromatic carbocycles. The van der Waals surface area contributed by atoms with Crippen molar-refractivity contribution in [2.45, 2.75) is 235 Å². The van der Waals surface area contributed by atoms with Crippen molar-refractivity contribution in [2.75, 3.05) is 33.0 Å². The van der Waals surface area contributed by atoms with E-state index in [1.54, 1.807) is 0 Å². The van der Waals surface area contributed by atoms with Crippen LogP contribution in [-0.4, -0.2) is 233 Å². The van der Waals surface area contributed by atoms with Crippen molar-refractivity contribution in [2.24, 2.45) is 50.2 Å². The van der Waals surface area contributed by atoms with Crippen molar-refractivity contribution < 1.29 is 109 Å². The van der Waals surface area contributed by atoms with Gasteiger partial charge in [0.2, 0.25) is 0 Å². The predicted molar refractivity (Wildman–Crippen MR) is 258 cm³/mol. The molecule has 9 aliphatic rings. The van der Waals surface area contributed by atoms with Crippen LogP contribution in [0.2, 0.25) is 0 Å². The van der Waals surface area contributed by atoms with E-state index in [0.717, 1.165) is 32.1 Å². The number of hydrogen-bond donors (Lipinski definition) is 14. The smallest absolute Gasteiger partial charge is 0.187 e. The molecule has 22 nitrogen and oxygen atoms in total. The van der Waals surface area contributed by atoms with Crippen LogP contribution in [-0.2, 0) is 37.9 Å². The van der Waals surface area contributed by atoms with E-state index >= 15 is 0 Å². The van der Waals surface area contributed by atoms with Crippen LogP contribution >= 0.6 is 0 Å². The molecular formula is C53H88O22. The molecule has 4 heterocycles. The minimum atomic E-state index is -1.89. The normalized spacial score (nSPS) is 55.9. The van der Waals surface area contributed by atoms with Crippen LogP contribution in [0, 0.1) is 50.2 Å². The van der Waals surface area contributed by atoms with Gasteiger partial charge in [-0.1, -0.05) is 53.2 Å². The lowest BCUT2D eigenvalue weighted by Crippen LogP contribution is -2.68. The van der Waals surface area contributed by atoms with Crippen LogP contribution in [0.3, 0.4) is 0 Å². The molecule has 5 aliphatic carbocycles. The maximum Gasteiger partial charge on any atom is 0.187 e. The second-order valence-corrected chi connectivity index (χ2v) is 25.8. The molecule has 0 amide bonds. The lowest BCUT2D eigenvalue weighted by Gasteiger charge is -2.72. The largest absolute Gasteiger partial charge is 0.396 e. The molecule has 14 N–H and O–H groups in total. The van der Waals surface area contributed by atoms with Crippen LogP contribution in [0.1, 0.15) is 106 Å². The molecule has 9 rings (SSSR count). The summed E-state index contributed by atoms with van der Waals surface area (Å²) in [7, 11) is 0. The Bertz CT molecular complexity index is 2020. The predicted octanol–water partition coefficient (Wildman–Crippen LogP) is -1.95. The summed E-state index contributed by atoms with van der Waals surface area (Å²) >= 11 is 0. The monoisotopic (exact) mass is 1080 g/mol. The number of aliphatic hydroxyl groups excluding tert-OH is 14. The summed E-state index contributed by atoms with van der Waals surface area (Å²) in [5.41, 5.74) is -1.01. The summed E-state index contributed by atoms with van der Waals surface area (Å²) < 4.78 is 49.0. The molecular weight excluding hydrogens is 989 g/mol.